The van der Waals surface area contributed by atoms with Gasteiger partial charge in [0.05, 0.1) is 11.8 Å². The van der Waals surface area contributed by atoms with Gasteiger partial charge in [-0.3, -0.25) is 0 Å². The number of rotatable bonds is 4. The van der Waals surface area contributed by atoms with Crippen LogP contribution in [-0.2, 0) is 0 Å². The molecule has 0 radical (unpaired) electrons. The maximum atomic E-state index is 5.99. The molecule has 0 saturated carbocycles. The van der Waals surface area contributed by atoms with Crippen LogP contribution < -0.4 is 15.8 Å². The lowest BCUT2D eigenvalue weighted by molar-refractivity contribution is 0.234. The van der Waals surface area contributed by atoms with Gasteiger partial charge < -0.3 is 15.8 Å². The zero-order chi connectivity index (χ0) is 14.0. The van der Waals surface area contributed by atoms with Crippen molar-refractivity contribution in [2.45, 2.75) is 33.8 Å². The highest BCUT2D eigenvalue weighted by Crippen LogP contribution is 2.30. The minimum Gasteiger partial charge on any atom is -0.473 e. The highest BCUT2D eigenvalue weighted by Gasteiger charge is 2.12. The third kappa shape index (κ3) is 3.11. The molecular weight excluding hydrogens is 262 g/mol. The summed E-state index contributed by atoms with van der Waals surface area (Å²) in [6, 6.07) is 0. The number of hydrogen-bond donors (Lipinski definition) is 2. The summed E-state index contributed by atoms with van der Waals surface area (Å²) in [5, 5.41) is 3.86. The van der Waals surface area contributed by atoms with Crippen LogP contribution in [0.1, 0.15) is 24.4 Å². The molecule has 0 atom stereocenters. The minimum atomic E-state index is 0.00871. The summed E-state index contributed by atoms with van der Waals surface area (Å²) in [6.45, 7) is 7.83. The normalized spacial score (nSPS) is 10.8. The summed E-state index contributed by atoms with van der Waals surface area (Å²) in [6.07, 6.45) is 1.43. The van der Waals surface area contributed by atoms with Gasteiger partial charge in [-0.2, -0.15) is 4.98 Å². The molecule has 0 aliphatic heterocycles. The Labute approximate surface area is 116 Å². The quantitative estimate of drug-likeness (QED) is 0.894. The van der Waals surface area contributed by atoms with Gasteiger partial charge in [-0.05, 0) is 27.7 Å². The molecule has 102 valence electrons. The van der Waals surface area contributed by atoms with Crippen molar-refractivity contribution in [2.24, 2.45) is 0 Å². The number of thiazole rings is 1. The van der Waals surface area contributed by atoms with E-state index in [0.29, 0.717) is 17.4 Å². The Morgan fingerprint density at radius 3 is 2.63 bits per heavy atom. The van der Waals surface area contributed by atoms with Crippen LogP contribution in [-0.4, -0.2) is 21.1 Å². The molecule has 3 N–H and O–H groups in total. The summed E-state index contributed by atoms with van der Waals surface area (Å²) < 4.78 is 5.52. The average molecular weight is 279 g/mol. The first-order valence-corrected chi connectivity index (χ1v) is 6.77. The number of aromatic nitrogens is 3. The molecule has 2 rings (SSSR count). The molecular formula is C12H17N5OS. The van der Waals surface area contributed by atoms with Crippen molar-refractivity contribution in [2.75, 3.05) is 11.1 Å². The molecule has 0 fully saturated rings. The largest absolute Gasteiger partial charge is 0.473 e. The van der Waals surface area contributed by atoms with Gasteiger partial charge in [0, 0.05) is 4.88 Å². The van der Waals surface area contributed by atoms with Crippen molar-refractivity contribution in [1.82, 2.24) is 15.0 Å². The Morgan fingerprint density at radius 2 is 2.05 bits per heavy atom. The number of hydrogen-bond acceptors (Lipinski definition) is 7. The van der Waals surface area contributed by atoms with E-state index in [4.69, 9.17) is 10.5 Å². The Hall–Kier alpha value is -1.89. The minimum absolute atomic E-state index is 0.00871. The van der Waals surface area contributed by atoms with Gasteiger partial charge in [0.15, 0.2) is 10.9 Å². The fourth-order valence-electron chi connectivity index (χ4n) is 1.42. The van der Waals surface area contributed by atoms with Crippen LogP contribution in [0.4, 0.5) is 16.6 Å². The van der Waals surface area contributed by atoms with E-state index in [-0.39, 0.29) is 6.10 Å². The lowest BCUT2D eigenvalue weighted by Gasteiger charge is -2.12. The van der Waals surface area contributed by atoms with Gasteiger partial charge in [-0.15, -0.1) is 11.3 Å². The molecule has 0 aromatic carbocycles. The van der Waals surface area contributed by atoms with Gasteiger partial charge in [-0.1, -0.05) is 0 Å². The molecule has 2 aromatic rings. The van der Waals surface area contributed by atoms with E-state index in [1.54, 1.807) is 11.3 Å². The Kier molecular flexibility index (Phi) is 3.84. The highest BCUT2D eigenvalue weighted by molar-refractivity contribution is 7.15. The third-order valence-corrected chi connectivity index (χ3v) is 3.44. The first-order chi connectivity index (χ1) is 8.97. The molecule has 0 bridgehead atoms. The van der Waals surface area contributed by atoms with Crippen molar-refractivity contribution in [1.29, 1.82) is 0 Å². The molecule has 0 aliphatic rings. The van der Waals surface area contributed by atoms with Crippen LogP contribution in [0, 0.1) is 13.8 Å². The van der Waals surface area contributed by atoms with E-state index in [2.05, 4.69) is 20.3 Å². The Balaban J connectivity index is 2.25. The van der Waals surface area contributed by atoms with E-state index >= 15 is 0 Å². The van der Waals surface area contributed by atoms with Crippen molar-refractivity contribution >= 4 is 28.0 Å². The van der Waals surface area contributed by atoms with E-state index in [1.165, 1.54) is 6.33 Å². The third-order valence-electron chi connectivity index (χ3n) is 2.45. The second-order valence-electron chi connectivity index (χ2n) is 4.39. The maximum absolute atomic E-state index is 5.99. The summed E-state index contributed by atoms with van der Waals surface area (Å²) in [4.78, 5) is 13.7. The number of ether oxygens (including phenoxy) is 1. The monoisotopic (exact) mass is 279 g/mol. The maximum Gasteiger partial charge on any atom is 0.242 e. The lowest BCUT2D eigenvalue weighted by atomic mass is 10.4. The summed E-state index contributed by atoms with van der Waals surface area (Å²) in [7, 11) is 0. The molecule has 0 unspecified atom stereocenters. The van der Waals surface area contributed by atoms with E-state index in [9.17, 15) is 0 Å². The summed E-state index contributed by atoms with van der Waals surface area (Å²) in [5.74, 6) is 0.900. The first-order valence-electron chi connectivity index (χ1n) is 5.95. The van der Waals surface area contributed by atoms with Crippen LogP contribution in [0.2, 0.25) is 0 Å². The molecule has 19 heavy (non-hydrogen) atoms. The molecule has 0 saturated heterocycles. The molecule has 0 amide bonds. The van der Waals surface area contributed by atoms with Crippen molar-refractivity contribution in [3.63, 3.8) is 0 Å². The summed E-state index contributed by atoms with van der Waals surface area (Å²) in [5.41, 5.74) is 7.38. The predicted octanol–water partition coefficient (Wildman–Crippen LogP) is 2.66. The van der Waals surface area contributed by atoms with E-state index in [0.717, 1.165) is 15.7 Å². The van der Waals surface area contributed by atoms with Crippen LogP contribution >= 0.6 is 11.3 Å². The highest BCUT2D eigenvalue weighted by atomic mass is 32.1. The Bertz CT molecular complexity index is 562. The van der Waals surface area contributed by atoms with Gasteiger partial charge in [0.2, 0.25) is 5.88 Å². The number of nitrogens with two attached hydrogens (primary N) is 1. The van der Waals surface area contributed by atoms with Crippen LogP contribution in [0.5, 0.6) is 5.88 Å². The second-order valence-corrected chi connectivity index (χ2v) is 5.60. The second kappa shape index (κ2) is 5.40. The average Bonchev–Trinajstić information content (AvgIpc) is 2.63. The molecule has 0 spiro atoms. The number of nitrogens with one attached hydrogen (secondary N) is 1. The van der Waals surface area contributed by atoms with E-state index < -0.39 is 0 Å². The fourth-order valence-corrected chi connectivity index (χ4v) is 2.24. The zero-order valence-electron chi connectivity index (χ0n) is 11.4. The number of nitrogen functional groups attached to an aromatic ring is 1. The smallest absolute Gasteiger partial charge is 0.242 e. The molecule has 7 heteroatoms. The predicted molar refractivity (Wildman–Crippen MR) is 77.1 cm³/mol. The van der Waals surface area contributed by atoms with Gasteiger partial charge in [-0.25, -0.2) is 9.97 Å². The van der Waals surface area contributed by atoms with Gasteiger partial charge in [0.1, 0.15) is 12.0 Å². The SMILES string of the molecule is Cc1nc(Nc2ncnc(OC(C)C)c2N)sc1C. The fraction of sp³-hybridized carbons (Fsp3) is 0.417. The molecule has 6 nitrogen and oxygen atoms in total. The van der Waals surface area contributed by atoms with Crippen molar-refractivity contribution in [3.05, 3.63) is 16.9 Å². The topological polar surface area (TPSA) is 86.0 Å². The first kappa shape index (κ1) is 13.5. The van der Waals surface area contributed by atoms with Gasteiger partial charge >= 0.3 is 0 Å². The standard InChI is InChI=1S/C12H17N5OS/c1-6(2)18-11-9(13)10(14-5-15-11)17-12-16-7(3)8(4)19-12/h5-6H,13H2,1-4H3,(H,14,15,16,17). The van der Waals surface area contributed by atoms with E-state index in [1.807, 2.05) is 27.7 Å². The van der Waals surface area contributed by atoms with Crippen molar-refractivity contribution < 1.29 is 4.74 Å². The molecule has 2 aromatic heterocycles. The van der Waals surface area contributed by atoms with Crippen LogP contribution in [0.3, 0.4) is 0 Å². The molecule has 0 aliphatic carbocycles. The van der Waals surface area contributed by atoms with Crippen LogP contribution in [0.15, 0.2) is 6.33 Å². The number of nitrogens with zero attached hydrogens (tertiary/aromatic N) is 3. The Morgan fingerprint density at radius 1 is 1.32 bits per heavy atom. The summed E-state index contributed by atoms with van der Waals surface area (Å²) >= 11 is 1.56. The number of anilines is 3. The van der Waals surface area contributed by atoms with Crippen LogP contribution in [0.25, 0.3) is 0 Å². The van der Waals surface area contributed by atoms with Gasteiger partial charge in [0.25, 0.3) is 0 Å². The molecule has 2 heterocycles. The zero-order valence-corrected chi connectivity index (χ0v) is 12.2. The number of aryl methyl sites for hydroxylation is 2. The van der Waals surface area contributed by atoms with Crippen molar-refractivity contribution in [3.8, 4) is 5.88 Å². The lowest BCUT2D eigenvalue weighted by Crippen LogP contribution is -2.10.